The van der Waals surface area contributed by atoms with E-state index in [4.69, 9.17) is 4.74 Å². The maximum atomic E-state index is 11.8. The van der Waals surface area contributed by atoms with Crippen molar-refractivity contribution in [3.63, 3.8) is 0 Å². The van der Waals surface area contributed by atoms with Crippen molar-refractivity contribution in [2.75, 3.05) is 4.90 Å². The van der Waals surface area contributed by atoms with E-state index < -0.39 is 5.97 Å². The lowest BCUT2D eigenvalue weighted by atomic mass is 10.1. The second-order valence-corrected chi connectivity index (χ2v) is 4.57. The zero-order valence-electron chi connectivity index (χ0n) is 11.2. The largest absolute Gasteiger partial charge is 0.426 e. The van der Waals surface area contributed by atoms with Crippen molar-refractivity contribution in [1.29, 1.82) is 0 Å². The molecule has 0 aliphatic carbocycles. The standard InChI is InChI=1S/C16H11NO4/c1-10(18)21-14-7-6-13(11-4-2-3-5-12(11)14)17-15(19)8-9-16(17)20/h2-9H,1H3. The molecule has 0 bridgehead atoms. The predicted octanol–water partition coefficient (Wildman–Crippen LogP) is 2.19. The van der Waals surface area contributed by atoms with Crippen LogP contribution in [-0.2, 0) is 14.4 Å². The third kappa shape index (κ3) is 2.18. The van der Waals surface area contributed by atoms with Gasteiger partial charge in [-0.1, -0.05) is 24.3 Å². The zero-order valence-corrected chi connectivity index (χ0v) is 11.2. The molecule has 3 rings (SSSR count). The highest BCUT2D eigenvalue weighted by atomic mass is 16.5. The number of nitrogens with zero attached hydrogens (tertiary/aromatic N) is 1. The lowest BCUT2D eigenvalue weighted by Gasteiger charge is -2.17. The van der Waals surface area contributed by atoms with Gasteiger partial charge in [0.15, 0.2) is 0 Å². The Morgan fingerprint density at radius 2 is 1.57 bits per heavy atom. The van der Waals surface area contributed by atoms with Gasteiger partial charge >= 0.3 is 5.97 Å². The molecule has 0 radical (unpaired) electrons. The van der Waals surface area contributed by atoms with Crippen molar-refractivity contribution in [2.45, 2.75) is 6.92 Å². The van der Waals surface area contributed by atoms with Gasteiger partial charge in [0, 0.05) is 29.8 Å². The number of esters is 1. The average Bonchev–Trinajstić information content (AvgIpc) is 2.79. The molecule has 1 aliphatic rings. The summed E-state index contributed by atoms with van der Waals surface area (Å²) in [6, 6.07) is 10.3. The van der Waals surface area contributed by atoms with Gasteiger partial charge in [0.05, 0.1) is 5.69 Å². The van der Waals surface area contributed by atoms with Crippen molar-refractivity contribution >= 4 is 34.2 Å². The van der Waals surface area contributed by atoms with Crippen molar-refractivity contribution in [1.82, 2.24) is 0 Å². The minimum atomic E-state index is -0.428. The fraction of sp³-hybridized carbons (Fsp3) is 0.0625. The van der Waals surface area contributed by atoms with Crippen LogP contribution in [0.3, 0.4) is 0 Å². The number of ether oxygens (including phenoxy) is 1. The van der Waals surface area contributed by atoms with Gasteiger partial charge in [-0.3, -0.25) is 14.4 Å². The number of amides is 2. The third-order valence-corrected chi connectivity index (χ3v) is 3.16. The SMILES string of the molecule is CC(=O)Oc1ccc(N2C(=O)C=CC2=O)c2ccccc12. The lowest BCUT2D eigenvalue weighted by Crippen LogP contribution is -2.29. The van der Waals surface area contributed by atoms with Gasteiger partial charge in [0.2, 0.25) is 0 Å². The fourth-order valence-corrected chi connectivity index (χ4v) is 2.33. The highest BCUT2D eigenvalue weighted by Gasteiger charge is 2.27. The Hall–Kier alpha value is -2.95. The molecule has 5 heteroatoms. The summed E-state index contributed by atoms with van der Waals surface area (Å²) in [4.78, 5) is 35.9. The Bertz CT molecular complexity index is 789. The number of imide groups is 1. The van der Waals surface area contributed by atoms with Gasteiger partial charge in [-0.2, -0.15) is 0 Å². The molecule has 2 amide bonds. The molecular weight excluding hydrogens is 270 g/mol. The van der Waals surface area contributed by atoms with Crippen LogP contribution in [0.2, 0.25) is 0 Å². The van der Waals surface area contributed by atoms with Gasteiger partial charge in [0.1, 0.15) is 5.75 Å². The van der Waals surface area contributed by atoms with E-state index in [-0.39, 0.29) is 11.8 Å². The van der Waals surface area contributed by atoms with Crippen LogP contribution in [-0.4, -0.2) is 17.8 Å². The number of fused-ring (bicyclic) bond motifs is 1. The van der Waals surface area contributed by atoms with Crippen LogP contribution in [0.25, 0.3) is 10.8 Å². The molecule has 0 aromatic heterocycles. The van der Waals surface area contributed by atoms with Crippen LogP contribution in [0.1, 0.15) is 6.92 Å². The predicted molar refractivity (Wildman–Crippen MR) is 76.9 cm³/mol. The van der Waals surface area contributed by atoms with Gasteiger partial charge in [-0.15, -0.1) is 0 Å². The summed E-state index contributed by atoms with van der Waals surface area (Å²) in [5.74, 6) is -0.799. The molecule has 0 saturated heterocycles. The summed E-state index contributed by atoms with van der Waals surface area (Å²) in [6.45, 7) is 1.32. The van der Waals surface area contributed by atoms with Gasteiger partial charge in [-0.05, 0) is 12.1 Å². The van der Waals surface area contributed by atoms with Gasteiger partial charge < -0.3 is 4.74 Å². The molecule has 104 valence electrons. The van der Waals surface area contributed by atoms with Crippen molar-refractivity contribution in [3.05, 3.63) is 48.6 Å². The van der Waals surface area contributed by atoms with Crippen LogP contribution >= 0.6 is 0 Å². The average molecular weight is 281 g/mol. The number of carbonyl (C=O) groups is 3. The molecule has 0 saturated carbocycles. The normalized spacial score (nSPS) is 14.0. The Morgan fingerprint density at radius 1 is 0.952 bits per heavy atom. The summed E-state index contributed by atoms with van der Waals surface area (Å²) in [5.41, 5.74) is 0.474. The lowest BCUT2D eigenvalue weighted by molar-refractivity contribution is -0.131. The molecule has 2 aromatic carbocycles. The van der Waals surface area contributed by atoms with Crippen LogP contribution in [0, 0.1) is 0 Å². The quantitative estimate of drug-likeness (QED) is 0.481. The number of carbonyl (C=O) groups excluding carboxylic acids is 3. The molecule has 0 atom stereocenters. The first-order valence-corrected chi connectivity index (χ1v) is 6.34. The van der Waals surface area contributed by atoms with E-state index in [1.54, 1.807) is 36.4 Å². The summed E-state index contributed by atoms with van der Waals surface area (Å²) >= 11 is 0. The minimum Gasteiger partial charge on any atom is -0.426 e. The van der Waals surface area contributed by atoms with Crippen LogP contribution in [0.5, 0.6) is 5.75 Å². The molecular formula is C16H11NO4. The first-order chi connectivity index (χ1) is 10.1. The molecule has 0 fully saturated rings. The van der Waals surface area contributed by atoms with E-state index in [9.17, 15) is 14.4 Å². The van der Waals surface area contributed by atoms with Gasteiger partial charge in [0.25, 0.3) is 11.8 Å². The van der Waals surface area contributed by atoms with Crippen LogP contribution < -0.4 is 9.64 Å². The third-order valence-electron chi connectivity index (χ3n) is 3.16. The van der Waals surface area contributed by atoms with Crippen molar-refractivity contribution < 1.29 is 19.1 Å². The van der Waals surface area contributed by atoms with E-state index in [0.717, 1.165) is 4.90 Å². The van der Waals surface area contributed by atoms with E-state index >= 15 is 0 Å². The van der Waals surface area contributed by atoms with Gasteiger partial charge in [-0.25, -0.2) is 4.90 Å². The fourth-order valence-electron chi connectivity index (χ4n) is 2.33. The molecule has 1 heterocycles. The van der Waals surface area contributed by atoms with E-state index in [2.05, 4.69) is 0 Å². The Kier molecular flexibility index (Phi) is 3.02. The molecule has 0 spiro atoms. The first kappa shape index (κ1) is 13.1. The molecule has 2 aromatic rings. The first-order valence-electron chi connectivity index (χ1n) is 6.34. The van der Waals surface area contributed by atoms with E-state index in [1.807, 2.05) is 0 Å². The Balaban J connectivity index is 2.20. The maximum Gasteiger partial charge on any atom is 0.308 e. The number of anilines is 1. The van der Waals surface area contributed by atoms with E-state index in [0.29, 0.717) is 22.2 Å². The van der Waals surface area contributed by atoms with E-state index in [1.165, 1.54) is 19.1 Å². The van der Waals surface area contributed by atoms with Crippen molar-refractivity contribution in [3.8, 4) is 5.75 Å². The smallest absolute Gasteiger partial charge is 0.308 e. The van der Waals surface area contributed by atoms with Crippen molar-refractivity contribution in [2.24, 2.45) is 0 Å². The molecule has 0 unspecified atom stereocenters. The number of hydrogen-bond donors (Lipinski definition) is 0. The van der Waals surface area contributed by atoms with Crippen LogP contribution in [0.4, 0.5) is 5.69 Å². The highest BCUT2D eigenvalue weighted by Crippen LogP contribution is 2.34. The zero-order chi connectivity index (χ0) is 15.0. The number of hydrogen-bond acceptors (Lipinski definition) is 4. The number of benzene rings is 2. The molecule has 5 nitrogen and oxygen atoms in total. The number of rotatable bonds is 2. The molecule has 1 aliphatic heterocycles. The second kappa shape index (κ2) is 4.86. The molecule has 21 heavy (non-hydrogen) atoms. The van der Waals surface area contributed by atoms with Crippen LogP contribution in [0.15, 0.2) is 48.6 Å². The Labute approximate surface area is 120 Å². The monoisotopic (exact) mass is 281 g/mol. The summed E-state index contributed by atoms with van der Waals surface area (Å²) in [6.07, 6.45) is 2.47. The topological polar surface area (TPSA) is 63.7 Å². The summed E-state index contributed by atoms with van der Waals surface area (Å²) in [5, 5.41) is 1.33. The Morgan fingerprint density at radius 3 is 2.19 bits per heavy atom. The maximum absolute atomic E-state index is 11.8. The highest BCUT2D eigenvalue weighted by molar-refractivity contribution is 6.30. The molecule has 0 N–H and O–H groups in total. The minimum absolute atomic E-state index is 0.384. The summed E-state index contributed by atoms with van der Waals surface area (Å²) in [7, 11) is 0. The second-order valence-electron chi connectivity index (χ2n) is 4.57. The summed E-state index contributed by atoms with van der Waals surface area (Å²) < 4.78 is 5.16.